The molecule has 1 aromatic carbocycles. The molecule has 1 aliphatic heterocycles. The predicted molar refractivity (Wildman–Crippen MR) is 101 cm³/mol. The van der Waals surface area contributed by atoms with E-state index in [9.17, 15) is 9.59 Å². The Kier molecular flexibility index (Phi) is 5.23. The quantitative estimate of drug-likeness (QED) is 0.609. The summed E-state index contributed by atoms with van der Waals surface area (Å²) in [4.78, 5) is 30.7. The van der Waals surface area contributed by atoms with E-state index in [2.05, 4.69) is 4.98 Å². The maximum absolute atomic E-state index is 12.5. The van der Waals surface area contributed by atoms with E-state index in [0.717, 1.165) is 24.9 Å². The van der Waals surface area contributed by atoms with E-state index in [0.29, 0.717) is 23.4 Å². The monoisotopic (exact) mass is 368 g/mol. The lowest BCUT2D eigenvalue weighted by molar-refractivity contribution is -0.151. The Balaban J connectivity index is 1.31. The minimum atomic E-state index is -0.567. The average Bonchev–Trinajstić information content (AvgIpc) is 3.13. The van der Waals surface area contributed by atoms with Gasteiger partial charge in [-0.2, -0.15) is 0 Å². The molecule has 2 aliphatic rings. The SMILES string of the molecule is O=C(/C=C/c1nc2ccccc2o1)OCC(=O)N1CCC[C@H]2CCCC[C@H]21. The van der Waals surface area contributed by atoms with Crippen LogP contribution in [0.3, 0.4) is 0 Å². The van der Waals surface area contributed by atoms with Crippen molar-refractivity contribution in [2.24, 2.45) is 5.92 Å². The first kappa shape index (κ1) is 17.8. The summed E-state index contributed by atoms with van der Waals surface area (Å²) in [6.07, 6.45) is 9.68. The molecule has 142 valence electrons. The molecule has 0 spiro atoms. The summed E-state index contributed by atoms with van der Waals surface area (Å²) in [5.74, 6) is 0.296. The molecule has 4 rings (SSSR count). The van der Waals surface area contributed by atoms with Crippen molar-refractivity contribution in [1.29, 1.82) is 0 Å². The Bertz CT molecular complexity index is 822. The Labute approximate surface area is 158 Å². The molecular formula is C21H24N2O4. The zero-order chi connectivity index (χ0) is 18.6. The Morgan fingerprint density at radius 1 is 1.19 bits per heavy atom. The highest BCUT2D eigenvalue weighted by Crippen LogP contribution is 2.35. The number of likely N-dealkylation sites (tertiary alicyclic amines) is 1. The number of amides is 1. The van der Waals surface area contributed by atoms with Crippen molar-refractivity contribution in [3.63, 3.8) is 0 Å². The smallest absolute Gasteiger partial charge is 0.331 e. The molecular weight excluding hydrogens is 344 g/mol. The van der Waals surface area contributed by atoms with Crippen LogP contribution in [0, 0.1) is 5.92 Å². The van der Waals surface area contributed by atoms with E-state index in [-0.39, 0.29) is 12.5 Å². The van der Waals surface area contributed by atoms with Crippen molar-refractivity contribution in [1.82, 2.24) is 9.88 Å². The number of ether oxygens (including phenoxy) is 1. The molecule has 1 saturated heterocycles. The number of aromatic nitrogens is 1. The average molecular weight is 368 g/mol. The molecule has 1 aliphatic carbocycles. The van der Waals surface area contributed by atoms with Crippen LogP contribution >= 0.6 is 0 Å². The number of benzene rings is 1. The number of oxazole rings is 1. The first-order chi connectivity index (χ1) is 13.2. The fourth-order valence-electron chi connectivity index (χ4n) is 4.30. The molecule has 1 amide bonds. The zero-order valence-corrected chi connectivity index (χ0v) is 15.3. The molecule has 0 bridgehead atoms. The highest BCUT2D eigenvalue weighted by Gasteiger charge is 2.35. The van der Waals surface area contributed by atoms with Gasteiger partial charge in [-0.15, -0.1) is 0 Å². The molecule has 6 heteroatoms. The molecule has 0 N–H and O–H groups in total. The Morgan fingerprint density at radius 2 is 2.00 bits per heavy atom. The lowest BCUT2D eigenvalue weighted by Gasteiger charge is -2.44. The predicted octanol–water partition coefficient (Wildman–Crippen LogP) is 3.57. The van der Waals surface area contributed by atoms with Gasteiger partial charge in [0.25, 0.3) is 5.91 Å². The second-order valence-electron chi connectivity index (χ2n) is 7.30. The maximum atomic E-state index is 12.5. The maximum Gasteiger partial charge on any atom is 0.331 e. The summed E-state index contributed by atoms with van der Waals surface area (Å²) in [6.45, 7) is 0.566. The number of piperidine rings is 1. The number of carbonyl (C=O) groups is 2. The Morgan fingerprint density at radius 3 is 2.89 bits per heavy atom. The fraction of sp³-hybridized carbons (Fsp3) is 0.476. The van der Waals surface area contributed by atoms with E-state index < -0.39 is 5.97 Å². The van der Waals surface area contributed by atoms with Crippen LogP contribution in [-0.4, -0.2) is 41.0 Å². The lowest BCUT2D eigenvalue weighted by Crippen LogP contribution is -2.50. The largest absolute Gasteiger partial charge is 0.452 e. The standard InChI is InChI=1S/C21H24N2O4/c24-20(23-13-5-7-15-6-1-3-9-17(15)23)14-26-21(25)12-11-19-22-16-8-2-4-10-18(16)27-19/h2,4,8,10-12,15,17H,1,3,5-7,9,13-14H2/b12-11+/t15-,17-/m1/s1. The van der Waals surface area contributed by atoms with Gasteiger partial charge in [-0.25, -0.2) is 9.78 Å². The van der Waals surface area contributed by atoms with Gasteiger partial charge in [-0.05, 0) is 43.7 Å². The molecule has 27 heavy (non-hydrogen) atoms. The molecule has 1 aromatic heterocycles. The van der Waals surface area contributed by atoms with Crippen LogP contribution in [0.1, 0.15) is 44.4 Å². The number of esters is 1. The van der Waals surface area contributed by atoms with Gasteiger partial charge >= 0.3 is 5.97 Å². The highest BCUT2D eigenvalue weighted by molar-refractivity contribution is 5.89. The van der Waals surface area contributed by atoms with Crippen LogP contribution in [0.2, 0.25) is 0 Å². The molecule has 0 radical (unpaired) electrons. The van der Waals surface area contributed by atoms with Crippen LogP contribution in [0.5, 0.6) is 0 Å². The highest BCUT2D eigenvalue weighted by atomic mass is 16.5. The van der Waals surface area contributed by atoms with Crippen LogP contribution in [0.15, 0.2) is 34.8 Å². The summed E-state index contributed by atoms with van der Waals surface area (Å²) in [6, 6.07) is 7.71. The number of hydrogen-bond donors (Lipinski definition) is 0. The third-order valence-corrected chi connectivity index (χ3v) is 5.57. The first-order valence-electron chi connectivity index (χ1n) is 9.70. The van der Waals surface area contributed by atoms with Crippen molar-refractivity contribution >= 4 is 29.1 Å². The number of para-hydroxylation sites is 2. The van der Waals surface area contributed by atoms with Crippen LogP contribution in [0.25, 0.3) is 17.2 Å². The van der Waals surface area contributed by atoms with E-state index in [1.807, 2.05) is 29.2 Å². The van der Waals surface area contributed by atoms with Gasteiger partial charge in [0.15, 0.2) is 12.2 Å². The van der Waals surface area contributed by atoms with Crippen LogP contribution in [-0.2, 0) is 14.3 Å². The van der Waals surface area contributed by atoms with E-state index in [1.165, 1.54) is 37.8 Å². The molecule has 2 atom stereocenters. The van der Waals surface area contributed by atoms with Crippen molar-refractivity contribution < 1.29 is 18.7 Å². The van der Waals surface area contributed by atoms with Crippen molar-refractivity contribution in [2.45, 2.75) is 44.6 Å². The normalized spacial score (nSPS) is 22.7. The van der Waals surface area contributed by atoms with Crippen LogP contribution < -0.4 is 0 Å². The topological polar surface area (TPSA) is 72.6 Å². The van der Waals surface area contributed by atoms with Crippen molar-refractivity contribution in [3.8, 4) is 0 Å². The summed E-state index contributed by atoms with van der Waals surface area (Å²) >= 11 is 0. The first-order valence-corrected chi connectivity index (χ1v) is 9.70. The minimum Gasteiger partial charge on any atom is -0.452 e. The second-order valence-corrected chi connectivity index (χ2v) is 7.30. The second kappa shape index (κ2) is 7.94. The molecule has 2 aromatic rings. The van der Waals surface area contributed by atoms with Crippen LogP contribution in [0.4, 0.5) is 0 Å². The molecule has 2 heterocycles. The third kappa shape index (κ3) is 4.04. The van der Waals surface area contributed by atoms with Crippen molar-refractivity contribution in [2.75, 3.05) is 13.2 Å². The zero-order valence-electron chi connectivity index (χ0n) is 15.3. The molecule has 6 nitrogen and oxygen atoms in total. The van der Waals surface area contributed by atoms with E-state index in [1.54, 1.807) is 0 Å². The van der Waals surface area contributed by atoms with Gasteiger partial charge in [-0.1, -0.05) is 25.0 Å². The van der Waals surface area contributed by atoms with Gasteiger partial charge in [-0.3, -0.25) is 4.79 Å². The molecule has 1 saturated carbocycles. The number of carbonyl (C=O) groups excluding carboxylic acids is 2. The number of rotatable bonds is 4. The van der Waals surface area contributed by atoms with Gasteiger partial charge in [0, 0.05) is 24.7 Å². The fourth-order valence-corrected chi connectivity index (χ4v) is 4.30. The molecule has 2 fully saturated rings. The van der Waals surface area contributed by atoms with Gasteiger partial charge < -0.3 is 14.1 Å². The Hall–Kier alpha value is -2.63. The number of hydrogen-bond acceptors (Lipinski definition) is 5. The third-order valence-electron chi connectivity index (χ3n) is 5.57. The van der Waals surface area contributed by atoms with Gasteiger partial charge in [0.05, 0.1) is 0 Å². The van der Waals surface area contributed by atoms with E-state index >= 15 is 0 Å². The minimum absolute atomic E-state index is 0.0878. The van der Waals surface area contributed by atoms with Crippen molar-refractivity contribution in [3.05, 3.63) is 36.2 Å². The van der Waals surface area contributed by atoms with E-state index in [4.69, 9.17) is 9.15 Å². The lowest BCUT2D eigenvalue weighted by atomic mass is 9.78. The summed E-state index contributed by atoms with van der Waals surface area (Å²) < 4.78 is 10.7. The van der Waals surface area contributed by atoms with Gasteiger partial charge in [0.2, 0.25) is 5.89 Å². The summed E-state index contributed by atoms with van der Waals surface area (Å²) in [5.41, 5.74) is 1.39. The number of fused-ring (bicyclic) bond motifs is 2. The molecule has 0 unspecified atom stereocenters. The summed E-state index contributed by atoms with van der Waals surface area (Å²) in [7, 11) is 0. The summed E-state index contributed by atoms with van der Waals surface area (Å²) in [5, 5.41) is 0. The van der Waals surface area contributed by atoms with Gasteiger partial charge in [0.1, 0.15) is 5.52 Å². The number of nitrogens with zero attached hydrogens (tertiary/aromatic N) is 2.